The molecular formula is C18H37N. The molecule has 0 amide bonds. The Hall–Kier alpha value is -0.820. The van der Waals surface area contributed by atoms with Gasteiger partial charge in [0, 0.05) is 12.6 Å². The number of allylic oxidation sites excluding steroid dienone is 3. The summed E-state index contributed by atoms with van der Waals surface area (Å²) in [6.45, 7) is 21.2. The average Bonchev–Trinajstić information content (AvgIpc) is 2.49. The molecule has 1 rings (SSSR count). The van der Waals surface area contributed by atoms with Gasteiger partial charge in [-0.05, 0) is 38.5 Å². The third-order valence-electron chi connectivity index (χ3n) is 2.77. The fourth-order valence-electron chi connectivity index (χ4n) is 1.73. The van der Waals surface area contributed by atoms with Crippen molar-refractivity contribution in [2.75, 3.05) is 13.6 Å². The second kappa shape index (κ2) is 17.2. The summed E-state index contributed by atoms with van der Waals surface area (Å²) < 4.78 is 0. The summed E-state index contributed by atoms with van der Waals surface area (Å²) in [6, 6.07) is 0.648. The SMILES string of the molecule is C=C/C=C1/CC(C)N(C)C/C1=C/C.CC.CC.CC. The van der Waals surface area contributed by atoms with E-state index in [9.17, 15) is 0 Å². The Kier molecular flexibility index (Phi) is 21.1. The Balaban J connectivity index is -0.000000375. The van der Waals surface area contributed by atoms with Crippen LogP contribution in [0.4, 0.5) is 0 Å². The van der Waals surface area contributed by atoms with Gasteiger partial charge in [-0.25, -0.2) is 0 Å². The maximum Gasteiger partial charge on any atom is 0.0233 e. The van der Waals surface area contributed by atoms with Gasteiger partial charge in [-0.1, -0.05) is 66.3 Å². The predicted octanol–water partition coefficient (Wildman–Crippen LogP) is 5.85. The van der Waals surface area contributed by atoms with Crippen molar-refractivity contribution in [1.29, 1.82) is 0 Å². The van der Waals surface area contributed by atoms with Crippen LogP contribution in [0.1, 0.15) is 61.8 Å². The number of rotatable bonds is 1. The van der Waals surface area contributed by atoms with Gasteiger partial charge in [0.05, 0.1) is 0 Å². The van der Waals surface area contributed by atoms with Crippen molar-refractivity contribution in [3.05, 3.63) is 36.0 Å². The molecule has 1 fully saturated rings. The highest BCUT2D eigenvalue weighted by atomic mass is 15.1. The lowest BCUT2D eigenvalue weighted by atomic mass is 9.93. The molecule has 1 saturated heterocycles. The summed E-state index contributed by atoms with van der Waals surface area (Å²) in [6.07, 6.45) is 7.37. The zero-order valence-electron chi connectivity index (χ0n) is 14.9. The van der Waals surface area contributed by atoms with Crippen molar-refractivity contribution in [2.45, 2.75) is 67.9 Å². The highest BCUT2D eigenvalue weighted by Crippen LogP contribution is 2.25. The molecule has 0 N–H and O–H groups in total. The highest BCUT2D eigenvalue weighted by molar-refractivity contribution is 5.36. The van der Waals surface area contributed by atoms with E-state index in [-0.39, 0.29) is 0 Å². The molecule has 0 aliphatic carbocycles. The molecule has 1 aliphatic rings. The van der Waals surface area contributed by atoms with Gasteiger partial charge < -0.3 is 0 Å². The summed E-state index contributed by atoms with van der Waals surface area (Å²) in [5.74, 6) is 0. The first kappa shape index (κ1) is 23.3. The number of hydrogen-bond acceptors (Lipinski definition) is 1. The Morgan fingerprint density at radius 2 is 1.53 bits per heavy atom. The second-order valence-corrected chi connectivity index (χ2v) is 3.71. The van der Waals surface area contributed by atoms with E-state index in [1.165, 1.54) is 11.1 Å². The molecule has 1 aliphatic heterocycles. The maximum atomic E-state index is 3.75. The molecule has 0 bridgehead atoms. The molecule has 0 spiro atoms. The minimum atomic E-state index is 0.648. The second-order valence-electron chi connectivity index (χ2n) is 3.71. The van der Waals surface area contributed by atoms with E-state index >= 15 is 0 Å². The largest absolute Gasteiger partial charge is 0.299 e. The predicted molar refractivity (Wildman–Crippen MR) is 92.8 cm³/mol. The quantitative estimate of drug-likeness (QED) is 0.576. The van der Waals surface area contributed by atoms with Crippen LogP contribution in [0.3, 0.4) is 0 Å². The van der Waals surface area contributed by atoms with Gasteiger partial charge in [0.1, 0.15) is 0 Å². The van der Waals surface area contributed by atoms with Crippen molar-refractivity contribution in [3.8, 4) is 0 Å². The van der Waals surface area contributed by atoms with Crippen LogP contribution in [0.25, 0.3) is 0 Å². The summed E-state index contributed by atoms with van der Waals surface area (Å²) in [5, 5.41) is 0. The van der Waals surface area contributed by atoms with Crippen molar-refractivity contribution in [3.63, 3.8) is 0 Å². The number of likely N-dealkylation sites (N-methyl/N-ethyl adjacent to an activating group) is 1. The van der Waals surface area contributed by atoms with Crippen molar-refractivity contribution >= 4 is 0 Å². The lowest BCUT2D eigenvalue weighted by Gasteiger charge is -2.33. The standard InChI is InChI=1S/C12H19N.3C2H6/c1-5-7-12-8-10(3)13(4)9-11(12)6-2;3*1-2/h5-7,10H,1,8-9H2,2-4H3;3*1-2H3/b11-6-,12-7-;;;. The van der Waals surface area contributed by atoms with Crippen LogP contribution in [0, 0.1) is 0 Å². The summed E-state index contributed by atoms with van der Waals surface area (Å²) >= 11 is 0. The topological polar surface area (TPSA) is 3.24 Å². The summed E-state index contributed by atoms with van der Waals surface area (Å²) in [4.78, 5) is 2.38. The first-order valence-corrected chi connectivity index (χ1v) is 7.86. The molecule has 0 radical (unpaired) electrons. The normalized spacial score (nSPS) is 22.3. The molecule has 114 valence electrons. The summed E-state index contributed by atoms with van der Waals surface area (Å²) in [7, 11) is 2.18. The maximum absolute atomic E-state index is 3.75. The smallest absolute Gasteiger partial charge is 0.0233 e. The molecule has 0 aromatic heterocycles. The van der Waals surface area contributed by atoms with Crippen molar-refractivity contribution in [1.82, 2.24) is 4.90 Å². The van der Waals surface area contributed by atoms with Crippen LogP contribution in [-0.2, 0) is 0 Å². The third-order valence-corrected chi connectivity index (χ3v) is 2.77. The molecule has 1 heterocycles. The minimum Gasteiger partial charge on any atom is -0.299 e. The van der Waals surface area contributed by atoms with Gasteiger partial charge in [0.25, 0.3) is 0 Å². The van der Waals surface area contributed by atoms with Gasteiger partial charge in [-0.15, -0.1) is 0 Å². The van der Waals surface area contributed by atoms with Crippen LogP contribution in [0.5, 0.6) is 0 Å². The van der Waals surface area contributed by atoms with E-state index in [4.69, 9.17) is 0 Å². The first-order chi connectivity index (χ1) is 9.19. The van der Waals surface area contributed by atoms with Gasteiger partial charge in [0.2, 0.25) is 0 Å². The van der Waals surface area contributed by atoms with E-state index in [1.54, 1.807) is 0 Å². The van der Waals surface area contributed by atoms with E-state index in [0.717, 1.165) is 13.0 Å². The zero-order chi connectivity index (χ0) is 15.8. The lowest BCUT2D eigenvalue weighted by molar-refractivity contribution is 0.259. The van der Waals surface area contributed by atoms with Crippen LogP contribution in [0.2, 0.25) is 0 Å². The van der Waals surface area contributed by atoms with Crippen molar-refractivity contribution in [2.24, 2.45) is 0 Å². The average molecular weight is 268 g/mol. The molecule has 1 unspecified atom stereocenters. The Bertz CT molecular complexity index is 248. The van der Waals surface area contributed by atoms with E-state index in [2.05, 4.69) is 44.5 Å². The zero-order valence-corrected chi connectivity index (χ0v) is 14.9. The van der Waals surface area contributed by atoms with Crippen LogP contribution < -0.4 is 0 Å². The number of hydrogen-bond donors (Lipinski definition) is 0. The minimum absolute atomic E-state index is 0.648. The van der Waals surface area contributed by atoms with Crippen LogP contribution >= 0.6 is 0 Å². The molecule has 1 heteroatoms. The molecule has 0 aromatic carbocycles. The van der Waals surface area contributed by atoms with E-state index in [0.29, 0.717) is 6.04 Å². The molecule has 0 aromatic rings. The fraction of sp³-hybridized carbons (Fsp3) is 0.667. The van der Waals surface area contributed by atoms with Gasteiger partial charge >= 0.3 is 0 Å². The molecule has 1 atom stereocenters. The molecule has 19 heavy (non-hydrogen) atoms. The Morgan fingerprint density at radius 1 is 1.05 bits per heavy atom. The van der Waals surface area contributed by atoms with Crippen LogP contribution in [0.15, 0.2) is 36.0 Å². The van der Waals surface area contributed by atoms with Crippen molar-refractivity contribution < 1.29 is 0 Å². The summed E-state index contributed by atoms with van der Waals surface area (Å²) in [5.41, 5.74) is 2.89. The Labute approximate surface area is 123 Å². The Morgan fingerprint density at radius 3 is 1.89 bits per heavy atom. The fourth-order valence-corrected chi connectivity index (χ4v) is 1.73. The number of nitrogens with zero attached hydrogens (tertiary/aromatic N) is 1. The van der Waals surface area contributed by atoms with Gasteiger partial charge in [-0.3, -0.25) is 4.90 Å². The van der Waals surface area contributed by atoms with E-state index < -0.39 is 0 Å². The van der Waals surface area contributed by atoms with Gasteiger partial charge in [-0.2, -0.15) is 0 Å². The monoisotopic (exact) mass is 267 g/mol. The number of piperidine rings is 1. The molecule has 1 nitrogen and oxygen atoms in total. The highest BCUT2D eigenvalue weighted by Gasteiger charge is 2.20. The first-order valence-electron chi connectivity index (χ1n) is 7.86. The lowest BCUT2D eigenvalue weighted by Crippen LogP contribution is -2.36. The number of likely N-dealkylation sites (tertiary alicyclic amines) is 1. The molecular weight excluding hydrogens is 230 g/mol. The van der Waals surface area contributed by atoms with Crippen LogP contribution in [-0.4, -0.2) is 24.5 Å². The third kappa shape index (κ3) is 9.72. The van der Waals surface area contributed by atoms with Gasteiger partial charge in [0.15, 0.2) is 0 Å². The van der Waals surface area contributed by atoms with E-state index in [1.807, 2.05) is 47.6 Å². The molecule has 0 saturated carbocycles.